The van der Waals surface area contributed by atoms with Gasteiger partial charge in [-0.2, -0.15) is 22.6 Å². The van der Waals surface area contributed by atoms with E-state index in [1.54, 1.807) is 0 Å². The van der Waals surface area contributed by atoms with Crippen LogP contribution < -0.4 is 5.32 Å². The summed E-state index contributed by atoms with van der Waals surface area (Å²) in [7, 11) is -4.10. The number of hydrogen-bond acceptors (Lipinski definition) is 5. The summed E-state index contributed by atoms with van der Waals surface area (Å²) in [6.07, 6.45) is -3.35. The van der Waals surface area contributed by atoms with Crippen LogP contribution in [0.5, 0.6) is 0 Å². The van der Waals surface area contributed by atoms with E-state index in [1.807, 2.05) is 46.0 Å². The Labute approximate surface area is 232 Å². The molecule has 3 aromatic rings. The van der Waals surface area contributed by atoms with E-state index in [2.05, 4.69) is 19.2 Å². The first kappa shape index (κ1) is 29.8. The topological polar surface area (TPSA) is 87.5 Å². The molecule has 1 saturated heterocycles. The fourth-order valence-corrected chi connectivity index (χ4v) is 6.21. The molecule has 1 aliphatic rings. The Morgan fingerprint density at radius 3 is 2.45 bits per heavy atom. The molecule has 12 heteroatoms. The normalized spacial score (nSPS) is 15.8. The summed E-state index contributed by atoms with van der Waals surface area (Å²) in [5.74, 6) is 0.218. The van der Waals surface area contributed by atoms with Crippen molar-refractivity contribution < 1.29 is 26.4 Å². The molecule has 8 nitrogen and oxygen atoms in total. The van der Waals surface area contributed by atoms with Crippen LogP contribution in [0, 0.1) is 5.92 Å². The second-order valence-corrected chi connectivity index (χ2v) is 12.2. The first-order chi connectivity index (χ1) is 18.9. The van der Waals surface area contributed by atoms with Gasteiger partial charge in [-0.25, -0.2) is 13.1 Å². The second-order valence-electron chi connectivity index (χ2n) is 10.3. The quantitative estimate of drug-likeness (QED) is 0.414. The van der Waals surface area contributed by atoms with E-state index in [4.69, 9.17) is 5.10 Å². The van der Waals surface area contributed by atoms with E-state index in [9.17, 15) is 26.4 Å². The standard InChI is InChI=1S/C28H34F3N5O3S/c1-21(2)16-25-18-23(33-36(25)24-9-4-3-5-10-24)19-32-27(37)20-34-12-7-13-35(15-14-34)40(38,39)26-11-6-8-22(17-26)28(29,30)31/h3-6,8-11,17-18,21H,7,12-16,19-20H2,1-2H3,(H,32,37). The predicted octanol–water partition coefficient (Wildman–Crippen LogP) is 4.10. The summed E-state index contributed by atoms with van der Waals surface area (Å²) >= 11 is 0. The predicted molar refractivity (Wildman–Crippen MR) is 145 cm³/mol. The van der Waals surface area contributed by atoms with Crippen molar-refractivity contribution in [3.63, 3.8) is 0 Å². The smallest absolute Gasteiger partial charge is 0.349 e. The Hall–Kier alpha value is -3.22. The van der Waals surface area contributed by atoms with Crippen molar-refractivity contribution in [1.29, 1.82) is 0 Å². The number of nitrogens with one attached hydrogen (secondary N) is 1. The van der Waals surface area contributed by atoms with Crippen LogP contribution in [-0.2, 0) is 34.0 Å². The van der Waals surface area contributed by atoms with Gasteiger partial charge in [-0.1, -0.05) is 38.1 Å². The maximum Gasteiger partial charge on any atom is 0.416 e. The number of rotatable bonds is 9. The number of para-hydroxylation sites is 1. The van der Waals surface area contributed by atoms with E-state index in [0.717, 1.165) is 35.6 Å². The molecule has 0 radical (unpaired) electrons. The molecule has 0 aliphatic carbocycles. The molecule has 4 rings (SSSR count). The minimum atomic E-state index is -4.63. The van der Waals surface area contributed by atoms with Gasteiger partial charge in [-0.3, -0.25) is 9.69 Å². The highest BCUT2D eigenvalue weighted by Gasteiger charge is 2.33. The minimum absolute atomic E-state index is 0.0753. The number of benzene rings is 2. The molecule has 216 valence electrons. The maximum atomic E-state index is 13.1. The number of nitrogens with zero attached hydrogens (tertiary/aromatic N) is 4. The molecule has 1 aromatic heterocycles. The van der Waals surface area contributed by atoms with Crippen molar-refractivity contribution in [2.45, 2.75) is 44.3 Å². The molecule has 0 saturated carbocycles. The zero-order valence-corrected chi connectivity index (χ0v) is 23.4. The average molecular weight is 578 g/mol. The molecular formula is C28H34F3N5O3S. The largest absolute Gasteiger partial charge is 0.416 e. The molecule has 1 aliphatic heterocycles. The Bertz CT molecular complexity index is 1410. The Morgan fingerprint density at radius 2 is 1.75 bits per heavy atom. The number of hydrogen-bond donors (Lipinski definition) is 1. The lowest BCUT2D eigenvalue weighted by atomic mass is 10.1. The first-order valence-electron chi connectivity index (χ1n) is 13.2. The molecule has 2 aromatic carbocycles. The molecule has 1 fully saturated rings. The summed E-state index contributed by atoms with van der Waals surface area (Å²) < 4.78 is 68.5. The van der Waals surface area contributed by atoms with E-state index in [0.29, 0.717) is 24.9 Å². The van der Waals surface area contributed by atoms with Crippen LogP contribution in [0.15, 0.2) is 65.6 Å². The van der Waals surface area contributed by atoms with Crippen LogP contribution in [0.4, 0.5) is 13.2 Å². The van der Waals surface area contributed by atoms with Crippen LogP contribution >= 0.6 is 0 Å². The van der Waals surface area contributed by atoms with Gasteiger partial charge in [0.2, 0.25) is 15.9 Å². The zero-order valence-electron chi connectivity index (χ0n) is 22.6. The van der Waals surface area contributed by atoms with Gasteiger partial charge in [0.05, 0.1) is 34.9 Å². The third-order valence-electron chi connectivity index (χ3n) is 6.63. The van der Waals surface area contributed by atoms with Crippen molar-refractivity contribution in [1.82, 2.24) is 24.3 Å². The Morgan fingerprint density at radius 1 is 1.00 bits per heavy atom. The summed E-state index contributed by atoms with van der Waals surface area (Å²) in [6, 6.07) is 15.6. The Balaban J connectivity index is 1.34. The first-order valence-corrected chi connectivity index (χ1v) is 14.7. The highest BCUT2D eigenvalue weighted by molar-refractivity contribution is 7.89. The lowest BCUT2D eigenvalue weighted by Crippen LogP contribution is -2.40. The summed E-state index contributed by atoms with van der Waals surface area (Å²) in [5, 5.41) is 7.60. The zero-order chi connectivity index (χ0) is 28.9. The van der Waals surface area contributed by atoms with Gasteiger partial charge in [0.1, 0.15) is 0 Å². The lowest BCUT2D eigenvalue weighted by molar-refractivity contribution is -0.137. The van der Waals surface area contributed by atoms with Crippen LogP contribution in [0.1, 0.15) is 37.2 Å². The molecule has 0 unspecified atom stereocenters. The number of halogens is 3. The van der Waals surface area contributed by atoms with Gasteiger partial charge >= 0.3 is 6.18 Å². The van der Waals surface area contributed by atoms with Crippen molar-refractivity contribution >= 4 is 15.9 Å². The van der Waals surface area contributed by atoms with Crippen molar-refractivity contribution in [3.05, 3.63) is 77.6 Å². The molecular weight excluding hydrogens is 543 g/mol. The van der Waals surface area contributed by atoms with Gasteiger partial charge in [-0.15, -0.1) is 0 Å². The second kappa shape index (κ2) is 12.5. The number of aromatic nitrogens is 2. The molecule has 2 heterocycles. The van der Waals surface area contributed by atoms with Crippen molar-refractivity contribution in [2.24, 2.45) is 5.92 Å². The average Bonchev–Trinajstić information content (AvgIpc) is 3.15. The maximum absolute atomic E-state index is 13.1. The van der Waals surface area contributed by atoms with Crippen LogP contribution in [0.25, 0.3) is 5.69 Å². The molecule has 1 N–H and O–H groups in total. The highest BCUT2D eigenvalue weighted by atomic mass is 32.2. The molecule has 0 spiro atoms. The number of carbonyl (C=O) groups is 1. The molecule has 0 bridgehead atoms. The van der Waals surface area contributed by atoms with E-state index < -0.39 is 21.8 Å². The van der Waals surface area contributed by atoms with E-state index in [-0.39, 0.29) is 43.5 Å². The molecule has 40 heavy (non-hydrogen) atoms. The summed E-state index contributed by atoms with van der Waals surface area (Å²) in [6.45, 7) is 5.62. The lowest BCUT2D eigenvalue weighted by Gasteiger charge is -2.22. The summed E-state index contributed by atoms with van der Waals surface area (Å²) in [4.78, 5) is 14.2. The molecule has 1 amide bonds. The third kappa shape index (κ3) is 7.49. The number of carbonyl (C=O) groups excluding carboxylic acids is 1. The van der Waals surface area contributed by atoms with Crippen LogP contribution in [0.3, 0.4) is 0 Å². The van der Waals surface area contributed by atoms with Gasteiger partial charge in [0, 0.05) is 25.3 Å². The third-order valence-corrected chi connectivity index (χ3v) is 8.53. The number of sulfonamides is 1. The van der Waals surface area contributed by atoms with Gasteiger partial charge < -0.3 is 5.32 Å². The van der Waals surface area contributed by atoms with Gasteiger partial charge in [0.25, 0.3) is 0 Å². The molecule has 0 atom stereocenters. The van der Waals surface area contributed by atoms with E-state index >= 15 is 0 Å². The van der Waals surface area contributed by atoms with E-state index in [1.165, 1.54) is 10.4 Å². The highest BCUT2D eigenvalue weighted by Crippen LogP contribution is 2.31. The van der Waals surface area contributed by atoms with Gasteiger partial charge in [-0.05, 0) is 61.7 Å². The fraction of sp³-hybridized carbons (Fsp3) is 0.429. The van der Waals surface area contributed by atoms with Gasteiger partial charge in [0.15, 0.2) is 0 Å². The van der Waals surface area contributed by atoms with Crippen LogP contribution in [-0.4, -0.2) is 66.0 Å². The SMILES string of the molecule is CC(C)Cc1cc(CNC(=O)CN2CCCN(S(=O)(=O)c3cccc(C(F)(F)F)c3)CC2)nn1-c1ccccc1. The monoisotopic (exact) mass is 577 g/mol. The fourth-order valence-electron chi connectivity index (χ4n) is 4.69. The van der Waals surface area contributed by atoms with Crippen molar-refractivity contribution in [3.8, 4) is 5.69 Å². The number of amides is 1. The van der Waals surface area contributed by atoms with Crippen LogP contribution in [0.2, 0.25) is 0 Å². The van der Waals surface area contributed by atoms with Crippen molar-refractivity contribution in [2.75, 3.05) is 32.7 Å². The number of alkyl halides is 3. The minimum Gasteiger partial charge on any atom is -0.349 e. The Kier molecular flexibility index (Phi) is 9.32. The summed E-state index contributed by atoms with van der Waals surface area (Å²) in [5.41, 5.74) is 1.73.